The first-order valence-electron chi connectivity index (χ1n) is 13.3. The number of anilines is 1. The van der Waals surface area contributed by atoms with Gasteiger partial charge in [0.15, 0.2) is 11.6 Å². The number of hydrogen-bond acceptors (Lipinski definition) is 6. The highest BCUT2D eigenvalue weighted by atomic mass is 79.9. The summed E-state index contributed by atoms with van der Waals surface area (Å²) < 4.78 is 6.10. The Morgan fingerprint density at radius 3 is 2.63 bits per heavy atom. The average Bonchev–Trinajstić information content (AvgIpc) is 3.21. The lowest BCUT2D eigenvalue weighted by Gasteiger charge is -2.43. The molecule has 1 N–H and O–H groups in total. The molecule has 4 unspecified atom stereocenters. The van der Waals surface area contributed by atoms with E-state index in [9.17, 15) is 24.3 Å². The van der Waals surface area contributed by atoms with Gasteiger partial charge in [0.1, 0.15) is 11.5 Å². The molecule has 2 amide bonds. The van der Waals surface area contributed by atoms with E-state index in [1.165, 1.54) is 11.0 Å². The van der Waals surface area contributed by atoms with Crippen LogP contribution in [0.5, 0.6) is 11.5 Å². The molecule has 4 atom stereocenters. The number of imide groups is 1. The van der Waals surface area contributed by atoms with Crippen molar-refractivity contribution in [3.63, 3.8) is 0 Å². The van der Waals surface area contributed by atoms with Gasteiger partial charge in [-0.25, -0.2) is 4.90 Å². The Balaban J connectivity index is 1.33. The number of fused-ring (bicyclic) bond motifs is 4. The molecule has 41 heavy (non-hydrogen) atoms. The fraction of sp³-hybridized carbons (Fsp3) is 0.250. The standard InChI is InChI=1S/C32H23BrClNO6/c1-14-2-3-17(10-24(14)34)35-31(39)20-6-5-19-21(28(20)32(35)40)11-22-29(25(37)12-23(33)30(22)38)27(19)16-8-15-9-18(36)4-7-26(15)41-13-16/h2-5,7,9-10,12-13,20-21,27-28,36H,6,8,11H2,1H3. The summed E-state index contributed by atoms with van der Waals surface area (Å²) in [5.41, 5.74) is 4.35. The summed E-state index contributed by atoms with van der Waals surface area (Å²) in [5, 5.41) is 10.5. The van der Waals surface area contributed by atoms with Crippen molar-refractivity contribution < 1.29 is 29.0 Å². The summed E-state index contributed by atoms with van der Waals surface area (Å²) in [4.78, 5) is 55.8. The maximum absolute atomic E-state index is 14.0. The van der Waals surface area contributed by atoms with Crippen molar-refractivity contribution in [3.8, 4) is 11.5 Å². The molecule has 0 spiro atoms. The first kappa shape index (κ1) is 26.2. The molecule has 2 aromatic rings. The molecule has 7 rings (SSSR count). The summed E-state index contributed by atoms with van der Waals surface area (Å²) in [6, 6.07) is 9.97. The van der Waals surface area contributed by atoms with Crippen LogP contribution in [-0.4, -0.2) is 28.5 Å². The number of phenolic OH excluding ortho intramolecular Hbond substituents is 1. The van der Waals surface area contributed by atoms with Gasteiger partial charge >= 0.3 is 0 Å². The molecule has 2 aromatic carbocycles. The third-order valence-electron chi connectivity index (χ3n) is 8.89. The Labute approximate surface area is 248 Å². The number of allylic oxidation sites excluding steroid dienone is 7. The number of ketones is 2. The molecule has 2 aliphatic heterocycles. The Bertz CT molecular complexity index is 1750. The number of benzene rings is 2. The van der Waals surface area contributed by atoms with Gasteiger partial charge in [-0.1, -0.05) is 29.3 Å². The molecular formula is C32H23BrClNO6. The zero-order chi connectivity index (χ0) is 28.7. The number of aryl methyl sites for hydroxylation is 1. The summed E-state index contributed by atoms with van der Waals surface area (Å²) in [5.74, 6) is -2.81. The first-order chi connectivity index (χ1) is 19.6. The zero-order valence-corrected chi connectivity index (χ0v) is 24.2. The van der Waals surface area contributed by atoms with Gasteiger partial charge < -0.3 is 9.84 Å². The van der Waals surface area contributed by atoms with Crippen LogP contribution in [0.4, 0.5) is 5.69 Å². The number of nitrogens with zero attached hydrogens (tertiary/aromatic N) is 1. The normalized spacial score (nSPS) is 26.9. The number of aromatic hydroxyl groups is 1. The summed E-state index contributed by atoms with van der Waals surface area (Å²) in [7, 11) is 0. The number of Topliss-reactive ketones (excluding diaryl/α,β-unsaturated/α-hetero) is 1. The highest BCUT2D eigenvalue weighted by molar-refractivity contribution is 9.12. The Morgan fingerprint density at radius 2 is 1.85 bits per heavy atom. The van der Waals surface area contributed by atoms with E-state index in [2.05, 4.69) is 15.9 Å². The van der Waals surface area contributed by atoms with Crippen molar-refractivity contribution in [1.82, 2.24) is 0 Å². The fourth-order valence-corrected chi connectivity index (χ4v) is 7.61. The Hall–Kier alpha value is -3.75. The molecule has 0 aromatic heterocycles. The van der Waals surface area contributed by atoms with Crippen LogP contribution in [0.1, 0.15) is 24.0 Å². The number of carbonyl (C=O) groups excluding carboxylic acids is 4. The number of carbonyl (C=O) groups is 4. The third kappa shape index (κ3) is 3.91. The number of phenols is 1. The van der Waals surface area contributed by atoms with Crippen molar-refractivity contribution in [3.05, 3.63) is 97.7 Å². The van der Waals surface area contributed by atoms with E-state index in [0.717, 1.165) is 22.3 Å². The second-order valence-corrected chi connectivity index (χ2v) is 12.4. The lowest BCUT2D eigenvalue weighted by molar-refractivity contribution is -0.123. The number of halogens is 2. The topological polar surface area (TPSA) is 101 Å². The van der Waals surface area contributed by atoms with Gasteiger partial charge in [-0.2, -0.15) is 0 Å². The molecule has 2 heterocycles. The van der Waals surface area contributed by atoms with Crippen molar-refractivity contribution in [1.29, 1.82) is 0 Å². The van der Waals surface area contributed by atoms with E-state index >= 15 is 0 Å². The summed E-state index contributed by atoms with van der Waals surface area (Å²) in [6.07, 6.45) is 5.79. The minimum absolute atomic E-state index is 0.0944. The van der Waals surface area contributed by atoms with Gasteiger partial charge in [0.05, 0.1) is 28.3 Å². The van der Waals surface area contributed by atoms with Crippen LogP contribution in [0.3, 0.4) is 0 Å². The molecule has 0 bridgehead atoms. The lowest BCUT2D eigenvalue weighted by Crippen LogP contribution is -2.41. The number of ether oxygens (including phenoxy) is 1. The minimum atomic E-state index is -0.687. The van der Waals surface area contributed by atoms with Crippen molar-refractivity contribution in [2.24, 2.45) is 23.7 Å². The van der Waals surface area contributed by atoms with Crippen LogP contribution >= 0.6 is 27.5 Å². The molecule has 3 aliphatic carbocycles. The SMILES string of the molecule is Cc1ccc(N2C(=O)C3CC=C4C(C5=COc6ccc(O)cc6C5)C5=C(CC4C3C2=O)C(=O)C(Br)=CC5=O)cc1Cl. The highest BCUT2D eigenvalue weighted by Gasteiger charge is 2.57. The van der Waals surface area contributed by atoms with Crippen LogP contribution in [0.2, 0.25) is 5.02 Å². The molecule has 9 heteroatoms. The third-order valence-corrected chi connectivity index (χ3v) is 9.89. The number of rotatable bonds is 2. The second-order valence-electron chi connectivity index (χ2n) is 11.1. The summed E-state index contributed by atoms with van der Waals surface area (Å²) in [6.45, 7) is 1.85. The van der Waals surface area contributed by atoms with Gasteiger partial charge in [0.2, 0.25) is 11.8 Å². The van der Waals surface area contributed by atoms with Crippen molar-refractivity contribution >= 4 is 56.6 Å². The quantitative estimate of drug-likeness (QED) is 0.260. The number of hydrogen-bond donors (Lipinski definition) is 1. The van der Waals surface area contributed by atoms with Crippen LogP contribution in [0.25, 0.3) is 0 Å². The van der Waals surface area contributed by atoms with Crippen molar-refractivity contribution in [2.45, 2.75) is 26.2 Å². The van der Waals surface area contributed by atoms with Crippen molar-refractivity contribution in [2.75, 3.05) is 4.90 Å². The maximum atomic E-state index is 14.0. The maximum Gasteiger partial charge on any atom is 0.238 e. The van der Waals surface area contributed by atoms with Crippen LogP contribution in [0, 0.1) is 30.6 Å². The van der Waals surface area contributed by atoms with E-state index in [1.807, 2.05) is 13.0 Å². The Kier molecular flexibility index (Phi) is 5.99. The first-order valence-corrected chi connectivity index (χ1v) is 14.5. The van der Waals surface area contributed by atoms with E-state index in [4.69, 9.17) is 16.3 Å². The second kappa shape index (κ2) is 9.39. The molecule has 0 radical (unpaired) electrons. The highest BCUT2D eigenvalue weighted by Crippen LogP contribution is 2.55. The fourth-order valence-electron chi connectivity index (χ4n) is 6.99. The number of amides is 2. The predicted molar refractivity (Wildman–Crippen MR) is 155 cm³/mol. The smallest absolute Gasteiger partial charge is 0.238 e. The molecule has 206 valence electrons. The van der Waals surface area contributed by atoms with Gasteiger partial charge in [0.25, 0.3) is 0 Å². The van der Waals surface area contributed by atoms with Crippen LogP contribution in [0.15, 0.2) is 81.6 Å². The van der Waals surface area contributed by atoms with E-state index in [1.54, 1.807) is 42.7 Å². The molecule has 1 fully saturated rings. The lowest BCUT2D eigenvalue weighted by atomic mass is 9.59. The van der Waals surface area contributed by atoms with E-state index < -0.39 is 23.7 Å². The van der Waals surface area contributed by atoms with E-state index in [0.29, 0.717) is 40.4 Å². The van der Waals surface area contributed by atoms with Crippen LogP contribution < -0.4 is 9.64 Å². The van der Waals surface area contributed by atoms with Gasteiger partial charge in [-0.15, -0.1) is 0 Å². The molecule has 0 saturated carbocycles. The van der Waals surface area contributed by atoms with Crippen LogP contribution in [-0.2, 0) is 25.6 Å². The zero-order valence-electron chi connectivity index (χ0n) is 21.8. The monoisotopic (exact) mass is 631 g/mol. The molecular weight excluding hydrogens is 610 g/mol. The van der Waals surface area contributed by atoms with Gasteiger partial charge in [-0.3, -0.25) is 19.2 Å². The van der Waals surface area contributed by atoms with Gasteiger partial charge in [0, 0.05) is 40.1 Å². The summed E-state index contributed by atoms with van der Waals surface area (Å²) >= 11 is 9.60. The molecule has 5 aliphatic rings. The van der Waals surface area contributed by atoms with E-state index in [-0.39, 0.29) is 40.0 Å². The largest absolute Gasteiger partial charge is 0.508 e. The van der Waals surface area contributed by atoms with Gasteiger partial charge in [-0.05, 0) is 83.1 Å². The molecule has 7 nitrogen and oxygen atoms in total. The minimum Gasteiger partial charge on any atom is -0.508 e. The predicted octanol–water partition coefficient (Wildman–Crippen LogP) is 5.67. The molecule has 1 saturated heterocycles. The average molecular weight is 633 g/mol. The Morgan fingerprint density at radius 1 is 1.05 bits per heavy atom.